The van der Waals surface area contributed by atoms with Crippen LogP contribution in [0.4, 0.5) is 0 Å². The van der Waals surface area contributed by atoms with Crippen molar-refractivity contribution >= 4 is 24.9 Å². The smallest absolute Gasteiger partial charge is 0.161 e. The Kier molecular flexibility index (Phi) is 3.01. The topological polar surface area (TPSA) is 37.4 Å². The first-order valence-electron chi connectivity index (χ1n) is 4.07. The minimum Gasteiger partial charge on any atom is -0.352 e. The Morgan fingerprint density at radius 1 is 1.27 bits per heavy atom. The van der Waals surface area contributed by atoms with Gasteiger partial charge in [0.15, 0.2) is 17.1 Å². The highest BCUT2D eigenvalue weighted by Gasteiger charge is 2.17. The van der Waals surface area contributed by atoms with Gasteiger partial charge in [0.1, 0.15) is 0 Å². The molecule has 3 nitrogen and oxygen atoms in total. The predicted octanol–water partition coefficient (Wildman–Crippen LogP) is -1.99. The van der Waals surface area contributed by atoms with Crippen molar-refractivity contribution in [1.82, 2.24) is 4.81 Å². The van der Waals surface area contributed by atoms with E-state index in [-0.39, 0.29) is 0 Å². The molecule has 1 aliphatic heterocycles. The molecule has 1 aliphatic rings. The maximum atomic E-state index is 11.1. The van der Waals surface area contributed by atoms with Crippen LogP contribution in [0.25, 0.3) is 0 Å². The molecule has 1 rings (SSSR count). The fourth-order valence-electron chi connectivity index (χ4n) is 1.31. The summed E-state index contributed by atoms with van der Waals surface area (Å²) in [5.41, 5.74) is 0. The summed E-state index contributed by atoms with van der Waals surface area (Å²) < 4.78 is 22.2. The van der Waals surface area contributed by atoms with E-state index in [4.69, 9.17) is 0 Å². The molecule has 6 heteroatoms. The second-order valence-corrected chi connectivity index (χ2v) is 5.24. The van der Waals surface area contributed by atoms with Crippen molar-refractivity contribution < 1.29 is 8.42 Å². The Bertz CT molecular complexity index is 217. The van der Waals surface area contributed by atoms with E-state index in [0.29, 0.717) is 11.5 Å². The van der Waals surface area contributed by atoms with Gasteiger partial charge in [-0.15, -0.1) is 0 Å². The van der Waals surface area contributed by atoms with E-state index in [2.05, 4.69) is 12.5 Å². The first-order chi connectivity index (χ1) is 5.14. The van der Waals surface area contributed by atoms with Crippen LogP contribution in [0.3, 0.4) is 0 Å². The minimum atomic E-state index is -2.70. The number of nitrogens with zero attached hydrogens (tertiary/aromatic N) is 1. The molecule has 0 aliphatic carbocycles. The van der Waals surface area contributed by atoms with E-state index in [1.54, 1.807) is 0 Å². The molecule has 0 radical (unpaired) electrons. The van der Waals surface area contributed by atoms with Crippen LogP contribution < -0.4 is 0 Å². The van der Waals surface area contributed by atoms with Crippen LogP contribution in [0.5, 0.6) is 0 Å². The highest BCUT2D eigenvalue weighted by atomic mass is 32.2. The van der Waals surface area contributed by atoms with Crippen molar-refractivity contribution in [1.29, 1.82) is 0 Å². The molecule has 0 aromatic carbocycles. The minimum absolute atomic E-state index is 0.348. The first-order valence-corrected chi connectivity index (χ1v) is 5.89. The third-order valence-electron chi connectivity index (χ3n) is 2.10. The van der Waals surface area contributed by atoms with Crippen LogP contribution in [-0.4, -0.2) is 52.9 Å². The third kappa shape index (κ3) is 2.87. The van der Waals surface area contributed by atoms with Gasteiger partial charge >= 0.3 is 0 Å². The lowest BCUT2D eigenvalue weighted by Crippen LogP contribution is -2.31. The van der Waals surface area contributed by atoms with Gasteiger partial charge in [0.05, 0.1) is 19.2 Å². The first kappa shape index (κ1) is 9.13. The van der Waals surface area contributed by atoms with Crippen molar-refractivity contribution in [2.45, 2.75) is 6.42 Å². The normalized spacial score (nSPS) is 25.8. The van der Waals surface area contributed by atoms with Crippen LogP contribution in [-0.2, 0) is 9.84 Å². The van der Waals surface area contributed by atoms with Gasteiger partial charge in [0, 0.05) is 6.54 Å². The monoisotopic (exact) mass is 173 g/mol. The van der Waals surface area contributed by atoms with E-state index in [1.165, 1.54) is 0 Å². The predicted molar refractivity (Wildman–Crippen MR) is 50.5 cm³/mol. The van der Waals surface area contributed by atoms with E-state index in [1.807, 2.05) is 0 Å². The molecule has 0 spiro atoms. The van der Waals surface area contributed by atoms with Crippen molar-refractivity contribution in [3.63, 3.8) is 0 Å². The third-order valence-corrected chi connectivity index (χ3v) is 3.81. The molecule has 0 N–H and O–H groups in total. The lowest BCUT2D eigenvalue weighted by atomic mass is 9.65. The van der Waals surface area contributed by atoms with Crippen LogP contribution in [0.1, 0.15) is 6.42 Å². The maximum absolute atomic E-state index is 11.1. The average Bonchev–Trinajstić information content (AvgIpc) is 2.10. The van der Waals surface area contributed by atoms with Crippen LogP contribution in [0.2, 0.25) is 0 Å². The van der Waals surface area contributed by atoms with Crippen LogP contribution in [0, 0.1) is 0 Å². The van der Waals surface area contributed by atoms with E-state index >= 15 is 0 Å². The zero-order valence-electron chi connectivity index (χ0n) is 6.91. The van der Waals surface area contributed by atoms with Gasteiger partial charge in [-0.3, -0.25) is 0 Å². The van der Waals surface area contributed by atoms with Crippen molar-refractivity contribution in [2.24, 2.45) is 0 Å². The highest BCUT2D eigenvalue weighted by Crippen LogP contribution is 2.02. The summed E-state index contributed by atoms with van der Waals surface area (Å²) in [6.45, 7) is 1.66. The molecule has 0 saturated carbocycles. The molecule has 62 valence electrons. The second kappa shape index (κ2) is 3.63. The number of sulfone groups is 1. The summed E-state index contributed by atoms with van der Waals surface area (Å²) in [5, 5.41) is 0. The number of hydrogen-bond acceptors (Lipinski definition) is 3. The molecule has 0 amide bonds. The van der Waals surface area contributed by atoms with Gasteiger partial charge in [-0.25, -0.2) is 8.42 Å². The summed E-state index contributed by atoms with van der Waals surface area (Å²) in [5.74, 6) is 0.727. The van der Waals surface area contributed by atoms with Gasteiger partial charge in [-0.05, 0) is 13.0 Å². The van der Waals surface area contributed by atoms with E-state index < -0.39 is 9.84 Å². The van der Waals surface area contributed by atoms with Crippen LogP contribution in [0.15, 0.2) is 0 Å². The van der Waals surface area contributed by atoms with Crippen LogP contribution >= 0.6 is 0 Å². The Morgan fingerprint density at radius 3 is 2.64 bits per heavy atom. The highest BCUT2D eigenvalue weighted by molar-refractivity contribution is 7.91. The molecule has 1 fully saturated rings. The van der Waals surface area contributed by atoms with Gasteiger partial charge < -0.3 is 4.81 Å². The Balaban J connectivity index is 2.53. The molecule has 11 heavy (non-hydrogen) atoms. The Hall–Kier alpha value is 0.0399. The largest absolute Gasteiger partial charge is 0.352 e. The molecule has 1 heterocycles. The molecule has 0 aromatic rings. The van der Waals surface area contributed by atoms with Crippen molar-refractivity contribution in [2.75, 3.05) is 24.6 Å². The Labute approximate surface area is 69.7 Å². The molecule has 0 bridgehead atoms. The van der Waals surface area contributed by atoms with Gasteiger partial charge in [0.2, 0.25) is 0 Å². The van der Waals surface area contributed by atoms with Gasteiger partial charge in [-0.1, -0.05) is 0 Å². The summed E-state index contributed by atoms with van der Waals surface area (Å²) >= 11 is 0. The van der Waals surface area contributed by atoms with E-state index in [9.17, 15) is 8.42 Å². The summed E-state index contributed by atoms with van der Waals surface area (Å²) in [6, 6.07) is 0. The molecule has 0 unspecified atom stereocenters. The molecule has 0 aromatic heterocycles. The number of rotatable bonds is 1. The Morgan fingerprint density at radius 2 is 2.00 bits per heavy atom. The lowest BCUT2D eigenvalue weighted by molar-refractivity contribution is 0.484. The zero-order valence-corrected chi connectivity index (χ0v) is 7.73. The standard InChI is InChI=1S/C5H13B2NO2S/c6-7-8-2-1-4-11(9,10)5-3-8/h7H,1-6H2. The summed E-state index contributed by atoms with van der Waals surface area (Å²) in [6.07, 6.45) is 0.802. The SMILES string of the molecule is BBN1CCCS(=O)(=O)CC1. The van der Waals surface area contributed by atoms with E-state index in [0.717, 1.165) is 26.8 Å². The molecular formula is C5H13B2NO2S. The lowest BCUT2D eigenvalue weighted by Gasteiger charge is -2.15. The molecule has 0 atom stereocenters. The second-order valence-electron chi connectivity index (χ2n) is 2.94. The van der Waals surface area contributed by atoms with Crippen molar-refractivity contribution in [3.05, 3.63) is 0 Å². The fraction of sp³-hybridized carbons (Fsp3) is 1.00. The molecular weight excluding hydrogens is 160 g/mol. The fourth-order valence-corrected chi connectivity index (χ4v) is 2.62. The maximum Gasteiger partial charge on any atom is 0.161 e. The van der Waals surface area contributed by atoms with Gasteiger partial charge in [-0.2, -0.15) is 0 Å². The summed E-state index contributed by atoms with van der Waals surface area (Å²) in [7, 11) is 0.331. The molecule has 1 saturated heterocycles. The van der Waals surface area contributed by atoms with Crippen molar-refractivity contribution in [3.8, 4) is 0 Å². The quantitative estimate of drug-likeness (QED) is 0.430. The zero-order chi connectivity index (χ0) is 8.32. The average molecular weight is 173 g/mol. The summed E-state index contributed by atoms with van der Waals surface area (Å²) in [4.78, 5) is 2.19. The van der Waals surface area contributed by atoms with Gasteiger partial charge in [0.25, 0.3) is 0 Å². The number of hydrogen-bond donors (Lipinski definition) is 0.